The minimum Gasteiger partial charge on any atom is -0.423 e. The largest absolute Gasteiger partial charge is 0.423 e. The van der Waals surface area contributed by atoms with E-state index in [9.17, 15) is 0 Å². The van der Waals surface area contributed by atoms with E-state index in [2.05, 4.69) is 36.3 Å². The van der Waals surface area contributed by atoms with Gasteiger partial charge in [0.15, 0.2) is 0 Å². The van der Waals surface area contributed by atoms with Crippen molar-refractivity contribution in [2.75, 3.05) is 7.05 Å². The Morgan fingerprint density at radius 2 is 1.79 bits per heavy atom. The van der Waals surface area contributed by atoms with Crippen LogP contribution in [0.25, 0.3) is 0 Å². The summed E-state index contributed by atoms with van der Waals surface area (Å²) < 4.78 is 5.81. The second-order valence-electron chi connectivity index (χ2n) is 6.90. The monoisotopic (exact) mass is 265 g/mol. The van der Waals surface area contributed by atoms with E-state index in [1.807, 2.05) is 14.0 Å². The van der Waals surface area contributed by atoms with Crippen molar-refractivity contribution in [3.63, 3.8) is 0 Å². The Balaban J connectivity index is 1.96. The summed E-state index contributed by atoms with van der Waals surface area (Å²) in [6.07, 6.45) is 4.90. The van der Waals surface area contributed by atoms with Crippen molar-refractivity contribution in [3.8, 4) is 0 Å². The van der Waals surface area contributed by atoms with Gasteiger partial charge in [-0.2, -0.15) is 0 Å². The summed E-state index contributed by atoms with van der Waals surface area (Å²) in [5.74, 6) is 2.83. The Kier molecular flexibility index (Phi) is 4.29. The lowest BCUT2D eigenvalue weighted by Crippen LogP contribution is -2.25. The summed E-state index contributed by atoms with van der Waals surface area (Å²) in [6.45, 7) is 9.07. The van der Waals surface area contributed by atoms with Crippen LogP contribution in [-0.4, -0.2) is 17.2 Å². The first-order chi connectivity index (χ1) is 8.91. The topological polar surface area (TPSA) is 51.0 Å². The van der Waals surface area contributed by atoms with Crippen LogP contribution in [0.15, 0.2) is 4.42 Å². The van der Waals surface area contributed by atoms with Gasteiger partial charge < -0.3 is 9.73 Å². The summed E-state index contributed by atoms with van der Waals surface area (Å²) in [4.78, 5) is 0. The third-order valence-corrected chi connectivity index (χ3v) is 4.56. The molecule has 1 unspecified atom stereocenters. The van der Waals surface area contributed by atoms with Gasteiger partial charge in [0.05, 0.1) is 6.04 Å². The Morgan fingerprint density at radius 1 is 1.16 bits per heavy atom. The van der Waals surface area contributed by atoms with Crippen LogP contribution in [0.1, 0.15) is 77.1 Å². The van der Waals surface area contributed by atoms with Crippen molar-refractivity contribution in [2.24, 2.45) is 11.3 Å². The van der Waals surface area contributed by atoms with Crippen molar-refractivity contribution in [3.05, 3.63) is 11.8 Å². The molecule has 1 aromatic rings. The van der Waals surface area contributed by atoms with Crippen molar-refractivity contribution >= 4 is 0 Å². The molecule has 1 saturated carbocycles. The highest BCUT2D eigenvalue weighted by Crippen LogP contribution is 2.42. The molecule has 0 saturated heterocycles. The molecule has 1 heterocycles. The van der Waals surface area contributed by atoms with Crippen molar-refractivity contribution in [2.45, 2.75) is 65.3 Å². The quantitative estimate of drug-likeness (QED) is 0.906. The minimum absolute atomic E-state index is 0.132. The maximum absolute atomic E-state index is 5.81. The normalized spacial score (nSPS) is 26.4. The van der Waals surface area contributed by atoms with E-state index in [4.69, 9.17) is 4.42 Å². The van der Waals surface area contributed by atoms with E-state index in [1.165, 1.54) is 25.7 Å². The first kappa shape index (κ1) is 14.5. The minimum atomic E-state index is 0.132. The standard InChI is InChI=1S/C15H27N3O/c1-10(16-5)13-17-18-14(19-13)11-6-8-12(9-7-11)15(2,3)4/h10-12,16H,6-9H2,1-5H3. The van der Waals surface area contributed by atoms with E-state index in [-0.39, 0.29) is 6.04 Å². The fourth-order valence-electron chi connectivity index (χ4n) is 2.92. The van der Waals surface area contributed by atoms with Crippen LogP contribution in [0.5, 0.6) is 0 Å². The van der Waals surface area contributed by atoms with Gasteiger partial charge in [-0.3, -0.25) is 0 Å². The molecule has 2 rings (SSSR count). The third-order valence-electron chi connectivity index (χ3n) is 4.56. The van der Waals surface area contributed by atoms with Crippen molar-refractivity contribution in [1.82, 2.24) is 15.5 Å². The van der Waals surface area contributed by atoms with Crippen LogP contribution in [0.4, 0.5) is 0 Å². The molecular formula is C15H27N3O. The van der Waals surface area contributed by atoms with Gasteiger partial charge in [-0.05, 0) is 51.0 Å². The molecule has 0 aliphatic heterocycles. The van der Waals surface area contributed by atoms with Gasteiger partial charge in [0.25, 0.3) is 0 Å². The molecule has 0 aromatic carbocycles. The Bertz CT molecular complexity index is 400. The molecule has 1 atom stereocenters. The molecule has 1 N–H and O–H groups in total. The molecule has 108 valence electrons. The zero-order valence-electron chi connectivity index (χ0n) is 12.9. The fraction of sp³-hybridized carbons (Fsp3) is 0.867. The predicted octanol–water partition coefficient (Wildman–Crippen LogP) is 3.67. The lowest BCUT2D eigenvalue weighted by molar-refractivity contribution is 0.161. The van der Waals surface area contributed by atoms with Gasteiger partial charge in [-0.1, -0.05) is 20.8 Å². The van der Waals surface area contributed by atoms with Crippen LogP contribution < -0.4 is 5.32 Å². The summed E-state index contributed by atoms with van der Waals surface area (Å²) in [7, 11) is 1.91. The zero-order chi connectivity index (χ0) is 14.0. The Hall–Kier alpha value is -0.900. The van der Waals surface area contributed by atoms with Gasteiger partial charge in [0.1, 0.15) is 0 Å². The molecule has 0 radical (unpaired) electrons. The van der Waals surface area contributed by atoms with Crippen LogP contribution in [0.3, 0.4) is 0 Å². The Labute approximate surface area is 116 Å². The van der Waals surface area contributed by atoms with Gasteiger partial charge >= 0.3 is 0 Å². The van der Waals surface area contributed by atoms with E-state index < -0.39 is 0 Å². The number of nitrogens with one attached hydrogen (secondary N) is 1. The number of rotatable bonds is 3. The molecular weight excluding hydrogens is 238 g/mol. The molecule has 1 aliphatic rings. The molecule has 1 aliphatic carbocycles. The molecule has 0 spiro atoms. The summed E-state index contributed by atoms with van der Waals surface area (Å²) in [5, 5.41) is 11.5. The number of hydrogen-bond donors (Lipinski definition) is 1. The van der Waals surface area contributed by atoms with E-state index in [0.717, 1.165) is 11.8 Å². The average molecular weight is 265 g/mol. The van der Waals surface area contributed by atoms with Crippen molar-refractivity contribution in [1.29, 1.82) is 0 Å². The van der Waals surface area contributed by atoms with Crippen LogP contribution >= 0.6 is 0 Å². The molecule has 0 amide bonds. The van der Waals surface area contributed by atoms with Gasteiger partial charge in [0.2, 0.25) is 11.8 Å². The highest BCUT2D eigenvalue weighted by molar-refractivity contribution is 4.97. The van der Waals surface area contributed by atoms with Gasteiger partial charge in [0, 0.05) is 5.92 Å². The Morgan fingerprint density at radius 3 is 2.32 bits per heavy atom. The fourth-order valence-corrected chi connectivity index (χ4v) is 2.92. The average Bonchev–Trinajstić information content (AvgIpc) is 2.86. The van der Waals surface area contributed by atoms with Gasteiger partial charge in [-0.15, -0.1) is 10.2 Å². The number of aromatic nitrogens is 2. The van der Waals surface area contributed by atoms with Gasteiger partial charge in [-0.25, -0.2) is 0 Å². The van der Waals surface area contributed by atoms with E-state index in [0.29, 0.717) is 17.2 Å². The zero-order valence-corrected chi connectivity index (χ0v) is 12.9. The van der Waals surface area contributed by atoms with E-state index >= 15 is 0 Å². The molecule has 19 heavy (non-hydrogen) atoms. The molecule has 4 nitrogen and oxygen atoms in total. The second-order valence-corrected chi connectivity index (χ2v) is 6.90. The maximum Gasteiger partial charge on any atom is 0.233 e. The molecule has 1 aromatic heterocycles. The third kappa shape index (κ3) is 3.35. The van der Waals surface area contributed by atoms with E-state index in [1.54, 1.807) is 0 Å². The van der Waals surface area contributed by atoms with Crippen molar-refractivity contribution < 1.29 is 4.42 Å². The number of nitrogens with zero attached hydrogens (tertiary/aromatic N) is 2. The first-order valence-corrected chi connectivity index (χ1v) is 7.42. The molecule has 4 heteroatoms. The SMILES string of the molecule is CNC(C)c1nnc(C2CCC(C(C)(C)C)CC2)o1. The molecule has 1 fully saturated rings. The van der Waals surface area contributed by atoms with Crippen LogP contribution in [0, 0.1) is 11.3 Å². The highest BCUT2D eigenvalue weighted by atomic mass is 16.4. The highest BCUT2D eigenvalue weighted by Gasteiger charge is 2.32. The summed E-state index contributed by atoms with van der Waals surface area (Å²) in [6, 6.07) is 0.132. The second kappa shape index (κ2) is 5.61. The maximum atomic E-state index is 5.81. The predicted molar refractivity (Wildman–Crippen MR) is 75.9 cm³/mol. The van der Waals surface area contributed by atoms with Crippen LogP contribution in [-0.2, 0) is 0 Å². The molecule has 0 bridgehead atoms. The number of hydrogen-bond acceptors (Lipinski definition) is 4. The lowest BCUT2D eigenvalue weighted by Gasteiger charge is -2.36. The summed E-state index contributed by atoms with van der Waals surface area (Å²) >= 11 is 0. The first-order valence-electron chi connectivity index (χ1n) is 7.42. The smallest absolute Gasteiger partial charge is 0.233 e. The lowest BCUT2D eigenvalue weighted by atomic mass is 9.70. The van der Waals surface area contributed by atoms with Crippen LogP contribution in [0.2, 0.25) is 0 Å². The summed E-state index contributed by atoms with van der Waals surface area (Å²) in [5.41, 5.74) is 0.422.